The third-order valence-corrected chi connectivity index (χ3v) is 4.06. The highest BCUT2D eigenvalue weighted by Crippen LogP contribution is 2.28. The molecule has 0 N–H and O–H groups in total. The Morgan fingerprint density at radius 2 is 1.41 bits per heavy atom. The molecule has 0 saturated carbocycles. The first kappa shape index (κ1) is 20.0. The molecule has 0 aliphatic heterocycles. The van der Waals surface area contributed by atoms with Crippen molar-refractivity contribution in [3.8, 4) is 11.5 Å². The number of benzene rings is 2. The van der Waals surface area contributed by atoms with Crippen LogP contribution in [-0.2, 0) is 25.5 Å². The molecule has 6 heteroatoms. The first-order valence-electron chi connectivity index (χ1n) is 8.21. The van der Waals surface area contributed by atoms with Crippen molar-refractivity contribution >= 4 is 17.5 Å². The van der Waals surface area contributed by atoms with E-state index in [0.717, 1.165) is 5.56 Å². The summed E-state index contributed by atoms with van der Waals surface area (Å²) < 4.78 is 20.4. The van der Waals surface area contributed by atoms with E-state index >= 15 is 0 Å². The van der Waals surface area contributed by atoms with Crippen molar-refractivity contribution in [1.82, 2.24) is 0 Å². The Morgan fingerprint density at radius 1 is 0.778 bits per heavy atom. The van der Waals surface area contributed by atoms with Crippen LogP contribution in [0, 0.1) is 0 Å². The predicted molar refractivity (Wildman–Crippen MR) is 101 cm³/mol. The van der Waals surface area contributed by atoms with Gasteiger partial charge >= 0.3 is 11.9 Å². The van der Waals surface area contributed by atoms with Gasteiger partial charge in [-0.3, -0.25) is 0 Å². The summed E-state index contributed by atoms with van der Waals surface area (Å²) in [5.74, 6) is -0.00208. The lowest BCUT2D eigenvalue weighted by molar-refractivity contribution is -0.137. The van der Waals surface area contributed by atoms with Crippen LogP contribution < -0.4 is 9.47 Å². The fourth-order valence-corrected chi connectivity index (χ4v) is 2.70. The van der Waals surface area contributed by atoms with Gasteiger partial charge in [0.2, 0.25) is 0 Å². The lowest BCUT2D eigenvalue weighted by Crippen LogP contribution is -2.16. The molecular formula is C21H22O6. The van der Waals surface area contributed by atoms with Crippen molar-refractivity contribution < 1.29 is 28.5 Å². The third-order valence-electron chi connectivity index (χ3n) is 4.06. The molecule has 0 aliphatic carbocycles. The zero-order chi connectivity index (χ0) is 19.8. The highest BCUT2D eigenvalue weighted by Gasteiger charge is 2.25. The van der Waals surface area contributed by atoms with E-state index in [1.54, 1.807) is 44.6 Å². The molecule has 6 nitrogen and oxygen atoms in total. The average Bonchev–Trinajstić information content (AvgIpc) is 2.73. The minimum Gasteiger partial charge on any atom is -0.497 e. The van der Waals surface area contributed by atoms with Crippen molar-refractivity contribution in [3.05, 3.63) is 65.2 Å². The monoisotopic (exact) mass is 370 g/mol. The molecule has 2 rings (SSSR count). The Hall–Kier alpha value is -3.28. The summed E-state index contributed by atoms with van der Waals surface area (Å²) in [6.45, 7) is 0. The molecule has 0 atom stereocenters. The van der Waals surface area contributed by atoms with Crippen molar-refractivity contribution in [1.29, 1.82) is 0 Å². The summed E-state index contributed by atoms with van der Waals surface area (Å²) in [6.07, 6.45) is 0.146. The SMILES string of the molecule is COC(=O)/C(Cc1ccccc1OC)=C(\C(=O)OC)c1ccc(OC)cc1. The lowest BCUT2D eigenvalue weighted by Gasteiger charge is -2.15. The second-order valence-electron chi connectivity index (χ2n) is 5.55. The Morgan fingerprint density at radius 3 is 1.96 bits per heavy atom. The van der Waals surface area contributed by atoms with Gasteiger partial charge in [0.15, 0.2) is 0 Å². The van der Waals surface area contributed by atoms with Gasteiger partial charge in [-0.05, 0) is 29.3 Å². The van der Waals surface area contributed by atoms with E-state index in [-0.39, 0.29) is 17.6 Å². The first-order chi connectivity index (χ1) is 13.0. The molecule has 142 valence electrons. The normalized spacial score (nSPS) is 11.3. The predicted octanol–water partition coefficient (Wildman–Crippen LogP) is 3.05. The number of carbonyl (C=O) groups excluding carboxylic acids is 2. The van der Waals surface area contributed by atoms with Crippen molar-refractivity contribution in [3.63, 3.8) is 0 Å². The van der Waals surface area contributed by atoms with Gasteiger partial charge in [-0.25, -0.2) is 9.59 Å². The fourth-order valence-electron chi connectivity index (χ4n) is 2.70. The van der Waals surface area contributed by atoms with E-state index in [2.05, 4.69) is 0 Å². The van der Waals surface area contributed by atoms with Crippen LogP contribution in [0.3, 0.4) is 0 Å². The third kappa shape index (κ3) is 4.67. The number of rotatable bonds is 7. The molecule has 0 aromatic heterocycles. The van der Waals surface area contributed by atoms with Gasteiger partial charge in [-0.15, -0.1) is 0 Å². The zero-order valence-electron chi connectivity index (χ0n) is 15.8. The van der Waals surface area contributed by atoms with Gasteiger partial charge in [0, 0.05) is 6.42 Å². The quantitative estimate of drug-likeness (QED) is 0.551. The average molecular weight is 370 g/mol. The number of esters is 2. The van der Waals surface area contributed by atoms with Gasteiger partial charge in [-0.2, -0.15) is 0 Å². The summed E-state index contributed by atoms with van der Waals surface area (Å²) >= 11 is 0. The molecule has 27 heavy (non-hydrogen) atoms. The van der Waals surface area contributed by atoms with Crippen LogP contribution in [0.2, 0.25) is 0 Å². The van der Waals surface area contributed by atoms with Crippen LogP contribution in [0.4, 0.5) is 0 Å². The Balaban J connectivity index is 2.64. The highest BCUT2D eigenvalue weighted by molar-refractivity contribution is 6.22. The van der Waals surface area contributed by atoms with Gasteiger partial charge < -0.3 is 18.9 Å². The fraction of sp³-hybridized carbons (Fsp3) is 0.238. The van der Waals surface area contributed by atoms with Crippen LogP contribution in [0.25, 0.3) is 5.57 Å². The van der Waals surface area contributed by atoms with E-state index in [9.17, 15) is 9.59 Å². The van der Waals surface area contributed by atoms with Gasteiger partial charge in [0.05, 0.1) is 39.6 Å². The summed E-state index contributed by atoms with van der Waals surface area (Å²) in [4.78, 5) is 25.0. The molecule has 0 fully saturated rings. The van der Waals surface area contributed by atoms with E-state index in [1.165, 1.54) is 14.2 Å². The second kappa shape index (κ2) is 9.43. The molecule has 0 bridgehead atoms. The number of ether oxygens (including phenoxy) is 4. The highest BCUT2D eigenvalue weighted by atomic mass is 16.5. The van der Waals surface area contributed by atoms with E-state index < -0.39 is 11.9 Å². The molecule has 0 heterocycles. The van der Waals surface area contributed by atoms with Crippen LogP contribution in [-0.4, -0.2) is 40.4 Å². The van der Waals surface area contributed by atoms with Crippen molar-refractivity contribution in [2.75, 3.05) is 28.4 Å². The number of carbonyl (C=O) groups is 2. The first-order valence-corrected chi connectivity index (χ1v) is 8.21. The maximum absolute atomic E-state index is 12.5. The van der Waals surface area contributed by atoms with Gasteiger partial charge in [0.25, 0.3) is 0 Å². The summed E-state index contributed by atoms with van der Waals surface area (Å²) in [7, 11) is 5.63. The number of hydrogen-bond donors (Lipinski definition) is 0. The largest absolute Gasteiger partial charge is 0.497 e. The van der Waals surface area contributed by atoms with Gasteiger partial charge in [-0.1, -0.05) is 30.3 Å². The maximum atomic E-state index is 12.5. The molecule has 0 radical (unpaired) electrons. The summed E-state index contributed by atoms with van der Waals surface area (Å²) in [5, 5.41) is 0. The van der Waals surface area contributed by atoms with Crippen molar-refractivity contribution in [2.45, 2.75) is 6.42 Å². The molecule has 0 saturated heterocycles. The smallest absolute Gasteiger partial charge is 0.339 e. The number of para-hydroxylation sites is 1. The molecule has 0 unspecified atom stereocenters. The van der Waals surface area contributed by atoms with E-state index in [0.29, 0.717) is 17.1 Å². The van der Waals surface area contributed by atoms with Crippen LogP contribution in [0.5, 0.6) is 11.5 Å². The van der Waals surface area contributed by atoms with E-state index in [1.807, 2.05) is 18.2 Å². The molecule has 0 spiro atoms. The number of methoxy groups -OCH3 is 4. The maximum Gasteiger partial charge on any atom is 0.339 e. The summed E-state index contributed by atoms with van der Waals surface area (Å²) in [6, 6.07) is 14.1. The molecular weight excluding hydrogens is 348 g/mol. The Labute approximate surface area is 158 Å². The second-order valence-corrected chi connectivity index (χ2v) is 5.55. The molecule has 0 aliphatic rings. The van der Waals surface area contributed by atoms with Crippen molar-refractivity contribution in [2.24, 2.45) is 0 Å². The minimum absolute atomic E-state index is 0.137. The van der Waals surface area contributed by atoms with Crippen LogP contribution in [0.1, 0.15) is 11.1 Å². The molecule has 2 aromatic rings. The van der Waals surface area contributed by atoms with E-state index in [4.69, 9.17) is 18.9 Å². The summed E-state index contributed by atoms with van der Waals surface area (Å²) in [5.41, 5.74) is 1.59. The molecule has 2 aromatic carbocycles. The topological polar surface area (TPSA) is 71.1 Å². The molecule has 0 amide bonds. The standard InChI is InChI=1S/C21H22O6/c1-24-16-11-9-14(10-12-16)19(21(23)27-4)17(20(22)26-3)13-15-7-5-6-8-18(15)25-2/h5-12H,13H2,1-4H3/b19-17-. The Kier molecular flexibility index (Phi) is 7.00. The number of hydrogen-bond acceptors (Lipinski definition) is 6. The van der Waals surface area contributed by atoms with Gasteiger partial charge in [0.1, 0.15) is 11.5 Å². The van der Waals surface area contributed by atoms with Crippen LogP contribution >= 0.6 is 0 Å². The zero-order valence-corrected chi connectivity index (χ0v) is 15.8. The Bertz CT molecular complexity index is 836. The lowest BCUT2D eigenvalue weighted by atomic mass is 9.94. The minimum atomic E-state index is -0.629. The van der Waals surface area contributed by atoms with Crippen LogP contribution in [0.15, 0.2) is 54.1 Å².